The fourth-order valence-corrected chi connectivity index (χ4v) is 2.17. The molecule has 1 N–H and O–H groups in total. The second-order valence-electron chi connectivity index (χ2n) is 3.48. The molecule has 0 unspecified atom stereocenters. The van der Waals surface area contributed by atoms with Gasteiger partial charge in [-0.05, 0) is 44.7 Å². The molecule has 0 spiro atoms. The van der Waals surface area contributed by atoms with Crippen LogP contribution in [0.5, 0.6) is 0 Å². The van der Waals surface area contributed by atoms with E-state index in [4.69, 9.17) is 0 Å². The Labute approximate surface area is 101 Å². The van der Waals surface area contributed by atoms with Gasteiger partial charge in [-0.2, -0.15) is 0 Å². The van der Waals surface area contributed by atoms with Crippen molar-refractivity contribution < 1.29 is 0 Å². The maximum atomic E-state index is 3.51. The molecule has 0 aliphatic carbocycles. The summed E-state index contributed by atoms with van der Waals surface area (Å²) in [6, 6.07) is 6.47. The number of nitrogens with one attached hydrogen (secondary N) is 1. The number of nitrogens with zero attached hydrogens (tertiary/aromatic N) is 1. The molecule has 0 aliphatic heterocycles. The molecule has 84 valence electrons. The summed E-state index contributed by atoms with van der Waals surface area (Å²) in [6.07, 6.45) is 0. The molecule has 0 saturated heterocycles. The van der Waals surface area contributed by atoms with Gasteiger partial charge in [-0.1, -0.05) is 15.9 Å². The molecule has 0 aromatic heterocycles. The highest BCUT2D eigenvalue weighted by Gasteiger charge is 2.07. The smallest absolute Gasteiger partial charge is 0.0412 e. The fraction of sp³-hybridized carbons (Fsp3) is 0.500. The van der Waals surface area contributed by atoms with Gasteiger partial charge < -0.3 is 10.2 Å². The van der Waals surface area contributed by atoms with Gasteiger partial charge in [0.1, 0.15) is 0 Å². The van der Waals surface area contributed by atoms with Crippen LogP contribution in [0, 0.1) is 0 Å². The molecule has 1 aromatic rings. The van der Waals surface area contributed by atoms with Crippen molar-refractivity contribution >= 4 is 21.6 Å². The van der Waals surface area contributed by atoms with Crippen molar-refractivity contribution in [2.45, 2.75) is 20.4 Å². The first-order valence-electron chi connectivity index (χ1n) is 5.40. The molecule has 0 saturated carbocycles. The van der Waals surface area contributed by atoms with Crippen molar-refractivity contribution in [2.24, 2.45) is 0 Å². The number of hydrogen-bond acceptors (Lipinski definition) is 2. The minimum Gasteiger partial charge on any atom is -0.372 e. The molecule has 0 radical (unpaired) electrons. The maximum absolute atomic E-state index is 3.51. The molecule has 1 aromatic carbocycles. The summed E-state index contributed by atoms with van der Waals surface area (Å²) >= 11 is 3.51. The van der Waals surface area contributed by atoms with E-state index in [2.05, 4.69) is 58.2 Å². The van der Waals surface area contributed by atoms with Gasteiger partial charge in [-0.25, -0.2) is 0 Å². The first-order valence-corrected chi connectivity index (χ1v) is 6.20. The van der Waals surface area contributed by atoms with E-state index in [1.807, 2.05) is 7.05 Å². The summed E-state index contributed by atoms with van der Waals surface area (Å²) in [5.74, 6) is 0. The van der Waals surface area contributed by atoms with E-state index >= 15 is 0 Å². The summed E-state index contributed by atoms with van der Waals surface area (Å²) < 4.78 is 1.14. The molecule has 0 aliphatic rings. The molecule has 0 atom stereocenters. The van der Waals surface area contributed by atoms with Crippen LogP contribution in [0.2, 0.25) is 0 Å². The van der Waals surface area contributed by atoms with Crippen molar-refractivity contribution in [3.8, 4) is 0 Å². The van der Waals surface area contributed by atoms with Crippen molar-refractivity contribution in [1.82, 2.24) is 5.32 Å². The lowest BCUT2D eigenvalue weighted by Gasteiger charge is -2.24. The normalized spacial score (nSPS) is 10.4. The topological polar surface area (TPSA) is 15.3 Å². The molecule has 0 amide bonds. The van der Waals surface area contributed by atoms with E-state index in [-0.39, 0.29) is 0 Å². The first-order chi connectivity index (χ1) is 7.22. The minimum atomic E-state index is 0.908. The van der Waals surface area contributed by atoms with Crippen LogP contribution in [0.3, 0.4) is 0 Å². The van der Waals surface area contributed by atoms with Crippen LogP contribution >= 0.6 is 15.9 Å². The standard InChI is InChI=1S/C12H19BrN2/c1-4-15(5-2)12-7-6-11(13)8-10(12)9-14-3/h6-8,14H,4-5,9H2,1-3H3. The van der Waals surface area contributed by atoms with Gasteiger partial charge in [0.2, 0.25) is 0 Å². The van der Waals surface area contributed by atoms with Crippen LogP contribution in [0.1, 0.15) is 19.4 Å². The number of anilines is 1. The lowest BCUT2D eigenvalue weighted by molar-refractivity contribution is 0.795. The van der Waals surface area contributed by atoms with Gasteiger partial charge >= 0.3 is 0 Å². The molecule has 15 heavy (non-hydrogen) atoms. The predicted octanol–water partition coefficient (Wildman–Crippen LogP) is 3.01. The Hall–Kier alpha value is -0.540. The van der Waals surface area contributed by atoms with Crippen LogP contribution in [0.4, 0.5) is 5.69 Å². The SMILES string of the molecule is CCN(CC)c1ccc(Br)cc1CNC. The molecular weight excluding hydrogens is 252 g/mol. The average molecular weight is 271 g/mol. The summed E-state index contributed by atoms with van der Waals surface area (Å²) in [6.45, 7) is 7.39. The molecule has 3 heteroatoms. The molecule has 2 nitrogen and oxygen atoms in total. The zero-order chi connectivity index (χ0) is 11.3. The van der Waals surface area contributed by atoms with Crippen LogP contribution < -0.4 is 10.2 Å². The van der Waals surface area contributed by atoms with E-state index in [0.29, 0.717) is 0 Å². The summed E-state index contributed by atoms with van der Waals surface area (Å²) in [4.78, 5) is 2.37. The minimum absolute atomic E-state index is 0.908. The lowest BCUT2D eigenvalue weighted by atomic mass is 10.1. The third kappa shape index (κ3) is 3.21. The van der Waals surface area contributed by atoms with Gasteiger partial charge in [-0.15, -0.1) is 0 Å². The van der Waals surface area contributed by atoms with Crippen molar-refractivity contribution in [3.63, 3.8) is 0 Å². The van der Waals surface area contributed by atoms with E-state index in [9.17, 15) is 0 Å². The second-order valence-corrected chi connectivity index (χ2v) is 4.39. The number of hydrogen-bond donors (Lipinski definition) is 1. The molecule has 0 fully saturated rings. The Morgan fingerprint density at radius 3 is 2.47 bits per heavy atom. The third-order valence-electron chi connectivity index (χ3n) is 2.51. The Kier molecular flexibility index (Phi) is 5.12. The third-order valence-corrected chi connectivity index (χ3v) is 3.01. The molecular formula is C12H19BrN2. The largest absolute Gasteiger partial charge is 0.372 e. The average Bonchev–Trinajstić information content (AvgIpc) is 2.23. The van der Waals surface area contributed by atoms with Gasteiger partial charge in [-0.3, -0.25) is 0 Å². The van der Waals surface area contributed by atoms with Gasteiger partial charge in [0.15, 0.2) is 0 Å². The number of halogens is 1. The summed E-state index contributed by atoms with van der Waals surface area (Å²) in [7, 11) is 1.98. The molecule has 0 bridgehead atoms. The quantitative estimate of drug-likeness (QED) is 0.885. The van der Waals surface area contributed by atoms with Crippen molar-refractivity contribution in [1.29, 1.82) is 0 Å². The first kappa shape index (κ1) is 12.5. The van der Waals surface area contributed by atoms with Crippen molar-refractivity contribution in [2.75, 3.05) is 25.0 Å². The van der Waals surface area contributed by atoms with E-state index < -0.39 is 0 Å². The molecule has 0 heterocycles. The monoisotopic (exact) mass is 270 g/mol. The van der Waals surface area contributed by atoms with Crippen LogP contribution in [-0.2, 0) is 6.54 Å². The van der Waals surface area contributed by atoms with E-state index in [1.165, 1.54) is 11.3 Å². The lowest BCUT2D eigenvalue weighted by Crippen LogP contribution is -2.24. The van der Waals surface area contributed by atoms with Gasteiger partial charge in [0.25, 0.3) is 0 Å². The van der Waals surface area contributed by atoms with E-state index in [0.717, 1.165) is 24.1 Å². The van der Waals surface area contributed by atoms with Crippen LogP contribution in [-0.4, -0.2) is 20.1 Å². The Balaban J connectivity index is 3.03. The maximum Gasteiger partial charge on any atom is 0.0412 e. The Bertz CT molecular complexity index is 308. The van der Waals surface area contributed by atoms with Crippen molar-refractivity contribution in [3.05, 3.63) is 28.2 Å². The summed E-state index contributed by atoms with van der Waals surface area (Å²) in [5, 5.41) is 3.21. The highest BCUT2D eigenvalue weighted by atomic mass is 79.9. The second kappa shape index (κ2) is 6.13. The highest BCUT2D eigenvalue weighted by Crippen LogP contribution is 2.24. The zero-order valence-electron chi connectivity index (χ0n) is 9.68. The Morgan fingerprint density at radius 1 is 1.27 bits per heavy atom. The highest BCUT2D eigenvalue weighted by molar-refractivity contribution is 9.10. The fourth-order valence-electron chi connectivity index (χ4n) is 1.76. The molecule has 1 rings (SSSR count). The Morgan fingerprint density at radius 2 is 1.93 bits per heavy atom. The zero-order valence-corrected chi connectivity index (χ0v) is 11.3. The number of rotatable bonds is 5. The van der Waals surface area contributed by atoms with Gasteiger partial charge in [0, 0.05) is 29.8 Å². The van der Waals surface area contributed by atoms with Crippen LogP contribution in [0.15, 0.2) is 22.7 Å². The summed E-state index contributed by atoms with van der Waals surface area (Å²) in [5.41, 5.74) is 2.67. The van der Waals surface area contributed by atoms with E-state index in [1.54, 1.807) is 0 Å². The van der Waals surface area contributed by atoms with Gasteiger partial charge in [0.05, 0.1) is 0 Å². The van der Waals surface area contributed by atoms with Crippen LogP contribution in [0.25, 0.3) is 0 Å². The predicted molar refractivity (Wildman–Crippen MR) is 70.5 cm³/mol. The number of benzene rings is 1.